The second kappa shape index (κ2) is 9.51. The van der Waals surface area contributed by atoms with Crippen molar-refractivity contribution in [2.45, 2.75) is 63.4 Å². The molecule has 1 N–H and O–H groups in total. The molecule has 6 heteroatoms. The van der Waals surface area contributed by atoms with Crippen LogP contribution in [0.25, 0.3) is 0 Å². The van der Waals surface area contributed by atoms with E-state index < -0.39 is 6.10 Å². The fraction of sp³-hybridized carbons (Fsp3) is 0.500. The molecule has 1 amide bonds. The molecule has 2 heterocycles. The highest BCUT2D eigenvalue weighted by Crippen LogP contribution is 2.43. The van der Waals surface area contributed by atoms with Gasteiger partial charge < -0.3 is 24.2 Å². The molecule has 0 saturated carbocycles. The van der Waals surface area contributed by atoms with Crippen molar-refractivity contribution in [1.29, 1.82) is 0 Å². The Morgan fingerprint density at radius 3 is 2.50 bits per heavy atom. The standard InChI is InChI=1S/C26H33NO5/c1-18(2)31-22-10-9-20(15-24(22)30-3)25(29)27-13-11-26(12-14-27)17-21(28)16-23(32-26)19-7-5-4-6-8-19/h4-10,15,18,21,23,28H,11-14,16-17H2,1-3H3/t21-,23-/m1/s1. The molecule has 2 atom stereocenters. The van der Waals surface area contributed by atoms with Crippen molar-refractivity contribution >= 4 is 5.91 Å². The molecule has 0 bridgehead atoms. The molecule has 2 aromatic rings. The van der Waals surface area contributed by atoms with Crippen LogP contribution in [-0.4, -0.2) is 53.9 Å². The first-order valence-corrected chi connectivity index (χ1v) is 11.4. The van der Waals surface area contributed by atoms with Crippen LogP contribution in [0.5, 0.6) is 11.5 Å². The van der Waals surface area contributed by atoms with Crippen molar-refractivity contribution in [2.24, 2.45) is 0 Å². The maximum absolute atomic E-state index is 13.2. The predicted octanol–water partition coefficient (Wildman–Crippen LogP) is 4.37. The topological polar surface area (TPSA) is 68.2 Å². The van der Waals surface area contributed by atoms with E-state index in [0.717, 1.165) is 5.56 Å². The zero-order valence-corrected chi connectivity index (χ0v) is 19.1. The Labute approximate surface area is 190 Å². The van der Waals surface area contributed by atoms with E-state index in [9.17, 15) is 9.90 Å². The van der Waals surface area contributed by atoms with Crippen LogP contribution >= 0.6 is 0 Å². The monoisotopic (exact) mass is 439 g/mol. The Morgan fingerprint density at radius 2 is 1.84 bits per heavy atom. The van der Waals surface area contributed by atoms with Gasteiger partial charge in [0.05, 0.1) is 31.0 Å². The lowest BCUT2D eigenvalue weighted by atomic mass is 9.81. The summed E-state index contributed by atoms with van der Waals surface area (Å²) in [7, 11) is 1.58. The van der Waals surface area contributed by atoms with Crippen LogP contribution in [0, 0.1) is 0 Å². The molecule has 0 aliphatic carbocycles. The summed E-state index contributed by atoms with van der Waals surface area (Å²) in [6, 6.07) is 15.4. The summed E-state index contributed by atoms with van der Waals surface area (Å²) in [5.74, 6) is 1.17. The van der Waals surface area contributed by atoms with Crippen LogP contribution in [0.1, 0.15) is 61.6 Å². The number of methoxy groups -OCH3 is 1. The van der Waals surface area contributed by atoms with Crippen molar-refractivity contribution in [3.05, 3.63) is 59.7 Å². The molecule has 6 nitrogen and oxygen atoms in total. The zero-order chi connectivity index (χ0) is 22.7. The molecule has 32 heavy (non-hydrogen) atoms. The van der Waals surface area contributed by atoms with E-state index in [2.05, 4.69) is 12.1 Å². The van der Waals surface area contributed by atoms with E-state index >= 15 is 0 Å². The number of aliphatic hydroxyl groups excluding tert-OH is 1. The Kier molecular flexibility index (Phi) is 6.72. The van der Waals surface area contributed by atoms with Crippen molar-refractivity contribution in [1.82, 2.24) is 4.90 Å². The molecule has 2 fully saturated rings. The van der Waals surface area contributed by atoms with Crippen LogP contribution in [0.2, 0.25) is 0 Å². The number of carbonyl (C=O) groups is 1. The molecule has 2 saturated heterocycles. The van der Waals surface area contributed by atoms with Gasteiger partial charge in [0.1, 0.15) is 0 Å². The number of carbonyl (C=O) groups excluding carboxylic acids is 1. The van der Waals surface area contributed by atoms with Crippen LogP contribution in [0.4, 0.5) is 0 Å². The number of ether oxygens (including phenoxy) is 3. The first-order valence-electron chi connectivity index (χ1n) is 11.4. The fourth-order valence-electron chi connectivity index (χ4n) is 4.80. The van der Waals surface area contributed by atoms with Crippen molar-refractivity contribution in [3.63, 3.8) is 0 Å². The minimum absolute atomic E-state index is 0.0225. The Balaban J connectivity index is 1.43. The third-order valence-electron chi connectivity index (χ3n) is 6.39. The average Bonchev–Trinajstić information content (AvgIpc) is 2.79. The molecule has 2 aromatic carbocycles. The maximum Gasteiger partial charge on any atom is 0.253 e. The van der Waals surface area contributed by atoms with Crippen LogP contribution in [-0.2, 0) is 4.74 Å². The molecule has 0 radical (unpaired) electrons. The van der Waals surface area contributed by atoms with E-state index in [1.165, 1.54) is 0 Å². The van der Waals surface area contributed by atoms with Gasteiger partial charge in [-0.1, -0.05) is 30.3 Å². The second-order valence-corrected chi connectivity index (χ2v) is 9.12. The van der Waals surface area contributed by atoms with Gasteiger partial charge in [-0.05, 0) is 50.5 Å². The van der Waals surface area contributed by atoms with E-state index in [4.69, 9.17) is 14.2 Å². The quantitative estimate of drug-likeness (QED) is 0.749. The molecule has 172 valence electrons. The van der Waals surface area contributed by atoms with Gasteiger partial charge in [-0.3, -0.25) is 4.79 Å². The van der Waals surface area contributed by atoms with Gasteiger partial charge >= 0.3 is 0 Å². The summed E-state index contributed by atoms with van der Waals surface area (Å²) in [4.78, 5) is 15.0. The molecular formula is C26H33NO5. The maximum atomic E-state index is 13.2. The van der Waals surface area contributed by atoms with Crippen LogP contribution in [0.15, 0.2) is 48.5 Å². The lowest BCUT2D eigenvalue weighted by Crippen LogP contribution is -2.52. The number of hydrogen-bond donors (Lipinski definition) is 1. The Hall–Kier alpha value is -2.57. The Morgan fingerprint density at radius 1 is 1.12 bits per heavy atom. The van der Waals surface area contributed by atoms with E-state index in [-0.39, 0.29) is 23.7 Å². The summed E-state index contributed by atoms with van der Waals surface area (Å²) >= 11 is 0. The number of hydrogen-bond acceptors (Lipinski definition) is 5. The van der Waals surface area contributed by atoms with Gasteiger partial charge in [-0.15, -0.1) is 0 Å². The molecule has 2 aliphatic rings. The second-order valence-electron chi connectivity index (χ2n) is 9.12. The molecular weight excluding hydrogens is 406 g/mol. The summed E-state index contributed by atoms with van der Waals surface area (Å²) in [6.45, 7) is 5.10. The first-order chi connectivity index (χ1) is 15.4. The molecule has 0 unspecified atom stereocenters. The van der Waals surface area contributed by atoms with Gasteiger partial charge in [0.25, 0.3) is 5.91 Å². The minimum Gasteiger partial charge on any atom is -0.493 e. The highest BCUT2D eigenvalue weighted by Gasteiger charge is 2.44. The summed E-state index contributed by atoms with van der Waals surface area (Å²) in [5.41, 5.74) is 1.29. The van der Waals surface area contributed by atoms with Gasteiger partial charge in [0.2, 0.25) is 0 Å². The Bertz CT molecular complexity index is 921. The fourth-order valence-corrected chi connectivity index (χ4v) is 4.80. The number of aliphatic hydroxyl groups is 1. The lowest BCUT2D eigenvalue weighted by Gasteiger charge is -2.48. The largest absolute Gasteiger partial charge is 0.493 e. The number of piperidine rings is 1. The first kappa shape index (κ1) is 22.6. The number of amides is 1. The predicted molar refractivity (Wildman–Crippen MR) is 122 cm³/mol. The average molecular weight is 440 g/mol. The molecule has 2 aliphatic heterocycles. The number of nitrogens with zero attached hydrogens (tertiary/aromatic N) is 1. The third-order valence-corrected chi connectivity index (χ3v) is 6.39. The number of likely N-dealkylation sites (tertiary alicyclic amines) is 1. The highest BCUT2D eigenvalue weighted by atomic mass is 16.5. The smallest absolute Gasteiger partial charge is 0.253 e. The van der Waals surface area contributed by atoms with Crippen LogP contribution in [0.3, 0.4) is 0 Å². The van der Waals surface area contributed by atoms with Gasteiger partial charge in [-0.2, -0.15) is 0 Å². The molecule has 4 rings (SSSR count). The summed E-state index contributed by atoms with van der Waals surface area (Å²) in [6.07, 6.45) is 2.17. The van der Waals surface area contributed by atoms with E-state index in [0.29, 0.717) is 55.8 Å². The minimum atomic E-state index is -0.394. The van der Waals surface area contributed by atoms with Crippen molar-refractivity contribution in [3.8, 4) is 11.5 Å². The van der Waals surface area contributed by atoms with Gasteiger partial charge in [0.15, 0.2) is 11.5 Å². The molecule has 1 spiro atoms. The lowest BCUT2D eigenvalue weighted by molar-refractivity contribution is -0.181. The van der Waals surface area contributed by atoms with Gasteiger partial charge in [-0.25, -0.2) is 0 Å². The van der Waals surface area contributed by atoms with Crippen LogP contribution < -0.4 is 9.47 Å². The molecule has 0 aromatic heterocycles. The normalized spacial score (nSPS) is 22.7. The van der Waals surface area contributed by atoms with Crippen molar-refractivity contribution in [2.75, 3.05) is 20.2 Å². The summed E-state index contributed by atoms with van der Waals surface area (Å²) < 4.78 is 17.8. The zero-order valence-electron chi connectivity index (χ0n) is 19.1. The third kappa shape index (κ3) is 4.92. The van der Waals surface area contributed by atoms with E-state index in [1.807, 2.05) is 36.9 Å². The number of benzene rings is 2. The SMILES string of the molecule is COc1cc(C(=O)N2CCC3(CC2)C[C@H](O)C[C@H](c2ccccc2)O3)ccc1OC(C)C. The van der Waals surface area contributed by atoms with Crippen molar-refractivity contribution < 1.29 is 24.1 Å². The summed E-state index contributed by atoms with van der Waals surface area (Å²) in [5, 5.41) is 10.6. The van der Waals surface area contributed by atoms with E-state index in [1.54, 1.807) is 25.3 Å². The number of rotatable bonds is 5. The highest BCUT2D eigenvalue weighted by molar-refractivity contribution is 5.95. The van der Waals surface area contributed by atoms with Gasteiger partial charge in [0, 0.05) is 31.5 Å².